The number of carbonyl (C=O) groups excluding carboxylic acids is 1. The zero-order chi connectivity index (χ0) is 11.0. The molecule has 0 aliphatic rings. The van der Waals surface area contributed by atoms with Gasteiger partial charge in [0.25, 0.3) is 0 Å². The Bertz CT molecular complexity index is 267. The molecule has 0 amide bonds. The Balaban J connectivity index is 4.43. The summed E-state index contributed by atoms with van der Waals surface area (Å²) in [5, 5.41) is 2.89. The van der Waals surface area contributed by atoms with Crippen molar-refractivity contribution in [2.75, 3.05) is 20.7 Å². The molecular formula is C10H16N2O2. The average Bonchev–Trinajstić information content (AvgIpc) is 2.21. The fraction of sp³-hybridized carbons (Fsp3) is 0.400. The van der Waals surface area contributed by atoms with Gasteiger partial charge in [-0.2, -0.15) is 0 Å². The Hall–Kier alpha value is -1.58. The third-order valence-corrected chi connectivity index (χ3v) is 1.53. The van der Waals surface area contributed by atoms with Crippen molar-refractivity contribution in [3.05, 3.63) is 24.4 Å². The fourth-order valence-corrected chi connectivity index (χ4v) is 0.701. The van der Waals surface area contributed by atoms with Crippen molar-refractivity contribution in [3.8, 4) is 0 Å². The third-order valence-electron chi connectivity index (χ3n) is 1.53. The molecule has 0 bridgehead atoms. The number of carbonyl (C=O) groups is 1. The first kappa shape index (κ1) is 12.4. The van der Waals surface area contributed by atoms with Gasteiger partial charge >= 0.3 is 5.97 Å². The molecule has 0 fully saturated rings. The van der Waals surface area contributed by atoms with Crippen molar-refractivity contribution < 1.29 is 9.53 Å². The highest BCUT2D eigenvalue weighted by Gasteiger charge is 2.08. The first-order valence-electron chi connectivity index (χ1n) is 4.26. The molecule has 1 N–H and O–H groups in total. The summed E-state index contributed by atoms with van der Waals surface area (Å²) in [6.45, 7) is 5.49. The molecule has 0 aromatic carbocycles. The van der Waals surface area contributed by atoms with Gasteiger partial charge in [0.1, 0.15) is 12.3 Å². The maximum Gasteiger partial charge on any atom is 0.356 e. The molecule has 78 valence electrons. The van der Waals surface area contributed by atoms with Crippen LogP contribution in [0.4, 0.5) is 0 Å². The lowest BCUT2D eigenvalue weighted by atomic mass is 10.3. The highest BCUT2D eigenvalue weighted by atomic mass is 16.5. The normalized spacial score (nSPS) is 12.2. The van der Waals surface area contributed by atoms with E-state index in [-0.39, 0.29) is 6.61 Å². The molecule has 0 aliphatic heterocycles. The lowest BCUT2D eigenvalue weighted by Gasteiger charge is -2.03. The molecule has 0 atom stereocenters. The Labute approximate surface area is 84.4 Å². The second-order valence-electron chi connectivity index (χ2n) is 2.57. The van der Waals surface area contributed by atoms with Crippen molar-refractivity contribution >= 4 is 11.7 Å². The Morgan fingerprint density at radius 3 is 2.71 bits per heavy atom. The number of rotatable bonds is 5. The van der Waals surface area contributed by atoms with Crippen LogP contribution < -0.4 is 5.32 Å². The molecular weight excluding hydrogens is 180 g/mol. The van der Waals surface area contributed by atoms with Crippen molar-refractivity contribution in [3.63, 3.8) is 0 Å². The summed E-state index contributed by atoms with van der Waals surface area (Å²) in [6.07, 6.45) is 3.14. The molecule has 0 radical (unpaired) electrons. The number of hydrogen-bond donors (Lipinski definition) is 1. The van der Waals surface area contributed by atoms with E-state index in [0.29, 0.717) is 5.71 Å². The second kappa shape index (κ2) is 6.88. The van der Waals surface area contributed by atoms with Crippen LogP contribution in [0.5, 0.6) is 0 Å². The summed E-state index contributed by atoms with van der Waals surface area (Å²) in [6, 6.07) is 0. The van der Waals surface area contributed by atoms with Gasteiger partial charge in [-0.05, 0) is 13.0 Å². The minimum atomic E-state index is -0.443. The molecule has 0 saturated carbocycles. The number of esters is 1. The van der Waals surface area contributed by atoms with Gasteiger partial charge in [-0.3, -0.25) is 4.99 Å². The number of allylic oxidation sites excluding steroid dienone is 1. The molecule has 0 unspecified atom stereocenters. The van der Waals surface area contributed by atoms with E-state index >= 15 is 0 Å². The van der Waals surface area contributed by atoms with Gasteiger partial charge < -0.3 is 10.1 Å². The topological polar surface area (TPSA) is 50.7 Å². The third kappa shape index (κ3) is 4.45. The van der Waals surface area contributed by atoms with Crippen LogP contribution in [0.25, 0.3) is 0 Å². The molecule has 4 nitrogen and oxygen atoms in total. The minimum Gasteiger partial charge on any atom is -0.457 e. The zero-order valence-corrected chi connectivity index (χ0v) is 8.83. The SMILES string of the molecule is C=CCOC(=O)C(/C=C(/C)NC)=N\C. The maximum absolute atomic E-state index is 11.3. The lowest BCUT2D eigenvalue weighted by molar-refractivity contribution is -0.134. The number of ether oxygens (including phenoxy) is 1. The lowest BCUT2D eigenvalue weighted by Crippen LogP contribution is -2.17. The molecule has 0 rings (SSSR count). The van der Waals surface area contributed by atoms with E-state index < -0.39 is 5.97 Å². The summed E-state index contributed by atoms with van der Waals surface area (Å²) in [5.41, 5.74) is 1.14. The molecule has 0 saturated heterocycles. The summed E-state index contributed by atoms with van der Waals surface area (Å²) in [5.74, 6) is -0.443. The van der Waals surface area contributed by atoms with Crippen LogP contribution in [0.2, 0.25) is 0 Å². The standard InChI is InChI=1S/C10H16N2O2/c1-5-6-14-10(13)9(12-4)7-8(2)11-3/h5,7,11H,1,6H2,2-4H3/b8-7-,12-9-. The van der Waals surface area contributed by atoms with Gasteiger partial charge in [0, 0.05) is 19.8 Å². The van der Waals surface area contributed by atoms with Crippen molar-refractivity contribution in [1.29, 1.82) is 0 Å². The number of aliphatic imine (C=N–C) groups is 1. The summed E-state index contributed by atoms with van der Waals surface area (Å²) >= 11 is 0. The van der Waals surface area contributed by atoms with Crippen LogP contribution in [0.1, 0.15) is 6.92 Å². The largest absolute Gasteiger partial charge is 0.457 e. The quantitative estimate of drug-likeness (QED) is 0.404. The van der Waals surface area contributed by atoms with Crippen LogP contribution in [0.15, 0.2) is 29.4 Å². The van der Waals surface area contributed by atoms with E-state index in [1.807, 2.05) is 6.92 Å². The van der Waals surface area contributed by atoms with Crippen LogP contribution in [0, 0.1) is 0 Å². The van der Waals surface area contributed by atoms with E-state index in [0.717, 1.165) is 5.70 Å². The number of nitrogens with one attached hydrogen (secondary N) is 1. The number of nitrogens with zero attached hydrogens (tertiary/aromatic N) is 1. The second-order valence-corrected chi connectivity index (χ2v) is 2.57. The minimum absolute atomic E-state index is 0.199. The summed E-state index contributed by atoms with van der Waals surface area (Å²) < 4.78 is 4.83. The molecule has 0 heterocycles. The van der Waals surface area contributed by atoms with Crippen LogP contribution in [0.3, 0.4) is 0 Å². The molecule has 4 heteroatoms. The van der Waals surface area contributed by atoms with Gasteiger partial charge in [0.15, 0.2) is 0 Å². The van der Waals surface area contributed by atoms with E-state index in [2.05, 4.69) is 16.9 Å². The summed E-state index contributed by atoms with van der Waals surface area (Å²) in [7, 11) is 3.32. The van der Waals surface area contributed by atoms with Crippen LogP contribution in [-0.2, 0) is 9.53 Å². The van der Waals surface area contributed by atoms with E-state index in [4.69, 9.17) is 4.74 Å². The predicted molar refractivity (Wildman–Crippen MR) is 57.3 cm³/mol. The highest BCUT2D eigenvalue weighted by Crippen LogP contribution is 1.92. The maximum atomic E-state index is 11.3. The van der Waals surface area contributed by atoms with Crippen LogP contribution in [-0.4, -0.2) is 32.4 Å². The number of hydrogen-bond acceptors (Lipinski definition) is 4. The Morgan fingerprint density at radius 2 is 2.29 bits per heavy atom. The zero-order valence-electron chi connectivity index (χ0n) is 8.83. The summed E-state index contributed by atoms with van der Waals surface area (Å²) in [4.78, 5) is 15.1. The van der Waals surface area contributed by atoms with Crippen molar-refractivity contribution in [1.82, 2.24) is 5.32 Å². The molecule has 0 spiro atoms. The van der Waals surface area contributed by atoms with Gasteiger partial charge in [-0.25, -0.2) is 4.79 Å². The van der Waals surface area contributed by atoms with Gasteiger partial charge in [-0.15, -0.1) is 0 Å². The van der Waals surface area contributed by atoms with Gasteiger partial charge in [0.05, 0.1) is 0 Å². The predicted octanol–water partition coefficient (Wildman–Crippen LogP) is 0.910. The first-order valence-corrected chi connectivity index (χ1v) is 4.26. The Kier molecular flexibility index (Phi) is 6.11. The molecule has 14 heavy (non-hydrogen) atoms. The Morgan fingerprint density at radius 1 is 1.64 bits per heavy atom. The van der Waals surface area contributed by atoms with E-state index in [1.165, 1.54) is 6.08 Å². The molecule has 0 aliphatic carbocycles. The average molecular weight is 196 g/mol. The smallest absolute Gasteiger partial charge is 0.356 e. The van der Waals surface area contributed by atoms with Crippen LogP contribution >= 0.6 is 0 Å². The monoisotopic (exact) mass is 196 g/mol. The van der Waals surface area contributed by atoms with E-state index in [9.17, 15) is 4.79 Å². The van der Waals surface area contributed by atoms with Gasteiger partial charge in [0.2, 0.25) is 0 Å². The first-order chi connectivity index (χ1) is 6.65. The van der Waals surface area contributed by atoms with Crippen molar-refractivity contribution in [2.24, 2.45) is 4.99 Å². The van der Waals surface area contributed by atoms with Crippen molar-refractivity contribution in [2.45, 2.75) is 6.92 Å². The van der Waals surface area contributed by atoms with E-state index in [1.54, 1.807) is 20.2 Å². The molecule has 0 aromatic heterocycles. The van der Waals surface area contributed by atoms with Gasteiger partial charge in [-0.1, -0.05) is 12.7 Å². The fourth-order valence-electron chi connectivity index (χ4n) is 0.701. The highest BCUT2D eigenvalue weighted by molar-refractivity contribution is 6.41. The molecule has 0 aromatic rings.